The van der Waals surface area contributed by atoms with Crippen LogP contribution in [0.15, 0.2) is 11.6 Å². The predicted octanol–water partition coefficient (Wildman–Crippen LogP) is -1.88. The molecule has 2 nitrogen and oxygen atoms in total. The van der Waals surface area contributed by atoms with E-state index in [1.807, 2.05) is 26.8 Å². The monoisotopic (exact) mass is 218 g/mol. The van der Waals surface area contributed by atoms with E-state index in [1.165, 1.54) is 5.57 Å². The number of carbonyl (C=O) groups excluding carboxylic acids is 1. The Balaban J connectivity index is 0.000000980. The molecule has 2 unspecified atom stereocenters. The molecule has 0 aliphatic heterocycles. The molecule has 0 spiro atoms. The van der Waals surface area contributed by atoms with E-state index in [-0.39, 0.29) is 56.8 Å². The molecule has 0 saturated heterocycles. The Bertz CT molecular complexity index is 306. The number of rotatable bonds is 1. The Kier molecular flexibility index (Phi) is 3.41. The van der Waals surface area contributed by atoms with E-state index in [1.54, 1.807) is 0 Å². The third-order valence-corrected chi connectivity index (χ3v) is 4.04. The molecule has 0 aromatic heterocycles. The second kappa shape index (κ2) is 3.70. The van der Waals surface area contributed by atoms with Crippen LogP contribution < -0.4 is 56.5 Å². The number of hydrogen-bond donors (Lipinski definition) is 0. The Morgan fingerprint density at radius 2 is 2.14 bits per heavy atom. The number of aliphatic carboxylic acids is 1. The molecular weight excluding hydrogens is 203 g/mol. The van der Waals surface area contributed by atoms with Crippen LogP contribution in [-0.4, -0.2) is 5.97 Å². The number of carboxylic acids is 1. The van der Waals surface area contributed by atoms with Crippen LogP contribution in [0.5, 0.6) is 0 Å². The molecule has 2 aliphatic rings. The second-order valence-electron chi connectivity index (χ2n) is 4.96. The molecule has 0 N–H and O–H groups in total. The van der Waals surface area contributed by atoms with Gasteiger partial charge in [-0.15, -0.1) is 0 Å². The topological polar surface area (TPSA) is 40.1 Å². The number of hydrogen-bond acceptors (Lipinski definition) is 2. The van der Waals surface area contributed by atoms with Gasteiger partial charge in [0.05, 0.1) is 5.97 Å². The molecule has 3 heteroatoms. The van der Waals surface area contributed by atoms with Gasteiger partial charge in [-0.2, -0.15) is 0 Å². The van der Waals surface area contributed by atoms with E-state index in [9.17, 15) is 9.90 Å². The normalized spacial score (nSPS) is 37.6. The quantitative estimate of drug-likeness (QED) is 0.382. The fraction of sp³-hybridized carbons (Fsp3) is 0.727. The summed E-state index contributed by atoms with van der Waals surface area (Å²) in [5.41, 5.74) is 0.463. The van der Waals surface area contributed by atoms with Crippen molar-refractivity contribution in [2.75, 3.05) is 0 Å². The van der Waals surface area contributed by atoms with Crippen molar-refractivity contribution in [3.05, 3.63) is 11.6 Å². The van der Waals surface area contributed by atoms with Gasteiger partial charge in [0.15, 0.2) is 0 Å². The standard InChI is InChI=1S/C11H16O2.K/c1-7-4-5-8-10(2,3)11(8,6-7)9(12)13;/h6,8H,4-5H2,1-3H3,(H,12,13);/q;+1/p-1. The van der Waals surface area contributed by atoms with Crippen LogP contribution >= 0.6 is 0 Å². The maximum absolute atomic E-state index is 11.1. The van der Waals surface area contributed by atoms with Crippen molar-refractivity contribution in [1.29, 1.82) is 0 Å². The Morgan fingerprint density at radius 3 is 2.57 bits per heavy atom. The van der Waals surface area contributed by atoms with Gasteiger partial charge in [0.2, 0.25) is 0 Å². The van der Waals surface area contributed by atoms with Gasteiger partial charge >= 0.3 is 51.4 Å². The van der Waals surface area contributed by atoms with Crippen molar-refractivity contribution in [1.82, 2.24) is 0 Å². The SMILES string of the molecule is CC1=CC2(C(=O)[O-])C(CC1)C2(C)C.[K+]. The summed E-state index contributed by atoms with van der Waals surface area (Å²) in [6.07, 6.45) is 3.98. The molecule has 0 bridgehead atoms. The summed E-state index contributed by atoms with van der Waals surface area (Å²) < 4.78 is 0. The Morgan fingerprint density at radius 1 is 1.57 bits per heavy atom. The van der Waals surface area contributed by atoms with Crippen LogP contribution in [0.4, 0.5) is 0 Å². The minimum absolute atomic E-state index is 0. The number of fused-ring (bicyclic) bond motifs is 1. The zero-order valence-electron chi connectivity index (χ0n) is 9.39. The summed E-state index contributed by atoms with van der Waals surface area (Å²) in [7, 11) is 0. The minimum Gasteiger partial charge on any atom is -0.549 e. The van der Waals surface area contributed by atoms with Crippen molar-refractivity contribution in [3.63, 3.8) is 0 Å². The van der Waals surface area contributed by atoms with Crippen molar-refractivity contribution in [2.45, 2.75) is 33.6 Å². The molecule has 0 heterocycles. The largest absolute Gasteiger partial charge is 1.00 e. The van der Waals surface area contributed by atoms with E-state index in [0.717, 1.165) is 12.8 Å². The summed E-state index contributed by atoms with van der Waals surface area (Å²) in [5.74, 6) is -0.588. The van der Waals surface area contributed by atoms with Gasteiger partial charge in [-0.1, -0.05) is 25.5 Å². The van der Waals surface area contributed by atoms with E-state index in [0.29, 0.717) is 5.92 Å². The first-order valence-electron chi connectivity index (χ1n) is 4.82. The maximum Gasteiger partial charge on any atom is 1.00 e. The molecule has 2 rings (SSSR count). The Labute approximate surface area is 128 Å². The van der Waals surface area contributed by atoms with Crippen molar-refractivity contribution in [3.8, 4) is 0 Å². The van der Waals surface area contributed by atoms with Gasteiger partial charge in [-0.25, -0.2) is 0 Å². The molecule has 0 radical (unpaired) electrons. The predicted molar refractivity (Wildman–Crippen MR) is 47.7 cm³/mol. The first kappa shape index (κ1) is 12.9. The van der Waals surface area contributed by atoms with E-state index in [4.69, 9.17) is 0 Å². The fourth-order valence-electron chi connectivity index (χ4n) is 3.08. The summed E-state index contributed by atoms with van der Waals surface area (Å²) in [4.78, 5) is 11.1. The van der Waals surface area contributed by atoms with Gasteiger partial charge in [0.25, 0.3) is 0 Å². The molecule has 1 fully saturated rings. The zero-order chi connectivity index (χ0) is 9.85. The molecule has 0 amide bonds. The van der Waals surface area contributed by atoms with Crippen molar-refractivity contribution in [2.24, 2.45) is 16.7 Å². The number of carboxylic acid groups (broad SMARTS) is 1. The third kappa shape index (κ3) is 1.40. The molecule has 0 aromatic rings. The summed E-state index contributed by atoms with van der Waals surface area (Å²) in [5, 5.41) is 11.1. The van der Waals surface area contributed by atoms with Gasteiger partial charge in [-0.3, -0.25) is 0 Å². The van der Waals surface area contributed by atoms with Crippen LogP contribution in [0.3, 0.4) is 0 Å². The smallest absolute Gasteiger partial charge is 0.549 e. The van der Waals surface area contributed by atoms with Gasteiger partial charge in [-0.05, 0) is 31.1 Å². The molecule has 2 atom stereocenters. The summed E-state index contributed by atoms with van der Waals surface area (Å²) >= 11 is 0. The minimum atomic E-state index is -0.887. The Hall–Kier alpha value is 0.846. The first-order valence-corrected chi connectivity index (χ1v) is 4.82. The fourth-order valence-corrected chi connectivity index (χ4v) is 3.08. The number of allylic oxidation sites excluding steroid dienone is 1. The average Bonchev–Trinajstić information content (AvgIpc) is 2.50. The molecule has 14 heavy (non-hydrogen) atoms. The van der Waals surface area contributed by atoms with E-state index in [2.05, 4.69) is 0 Å². The first-order chi connectivity index (χ1) is 5.93. The van der Waals surface area contributed by atoms with Crippen molar-refractivity contribution < 1.29 is 61.3 Å². The van der Waals surface area contributed by atoms with Crippen LogP contribution in [0.25, 0.3) is 0 Å². The van der Waals surface area contributed by atoms with Crippen LogP contribution in [0.1, 0.15) is 33.6 Å². The zero-order valence-corrected chi connectivity index (χ0v) is 12.5. The molecule has 0 aromatic carbocycles. The maximum atomic E-state index is 11.1. The molecule has 2 aliphatic carbocycles. The van der Waals surface area contributed by atoms with Crippen LogP contribution in [0, 0.1) is 16.7 Å². The van der Waals surface area contributed by atoms with Gasteiger partial charge in [0.1, 0.15) is 0 Å². The second-order valence-corrected chi connectivity index (χ2v) is 4.96. The van der Waals surface area contributed by atoms with Crippen LogP contribution in [-0.2, 0) is 4.79 Å². The van der Waals surface area contributed by atoms with Crippen molar-refractivity contribution >= 4 is 5.97 Å². The third-order valence-electron chi connectivity index (χ3n) is 4.04. The van der Waals surface area contributed by atoms with E-state index >= 15 is 0 Å². The number of carbonyl (C=O) groups is 1. The molecule has 72 valence electrons. The van der Waals surface area contributed by atoms with E-state index < -0.39 is 11.4 Å². The molecule has 1 saturated carbocycles. The van der Waals surface area contributed by atoms with Crippen LogP contribution in [0.2, 0.25) is 0 Å². The van der Waals surface area contributed by atoms with Gasteiger partial charge < -0.3 is 9.90 Å². The van der Waals surface area contributed by atoms with Gasteiger partial charge in [0, 0.05) is 5.41 Å². The average molecular weight is 218 g/mol. The molecular formula is C11H15KO2. The summed E-state index contributed by atoms with van der Waals surface area (Å²) in [6.45, 7) is 6.07. The summed E-state index contributed by atoms with van der Waals surface area (Å²) in [6, 6.07) is 0.